The van der Waals surface area contributed by atoms with E-state index >= 15 is 0 Å². The van der Waals surface area contributed by atoms with E-state index in [9.17, 15) is 62.4 Å². The second kappa shape index (κ2) is 36.7. The number of benzene rings is 5. The average molecular weight is 1680 g/mol. The molecule has 15 rings (SSSR count). The zero-order valence-corrected chi connectivity index (χ0v) is 69.5. The summed E-state index contributed by atoms with van der Waals surface area (Å²) in [4.78, 5) is 75.1. The third-order valence-electron chi connectivity index (χ3n) is 22.3. The highest BCUT2D eigenvalue weighted by atomic mass is 32.2. The summed E-state index contributed by atoms with van der Waals surface area (Å²) in [5, 5.41) is 24.9. The molecule has 5 spiro atoms. The molecule has 3 amide bonds. The first-order chi connectivity index (χ1) is 54.6. The highest BCUT2D eigenvalue weighted by molar-refractivity contribution is 7.90. The van der Waals surface area contributed by atoms with Gasteiger partial charge in [-0.15, -0.1) is 0 Å². The number of carbonyl (C=O) groups is 6. The number of aliphatic hydroxyl groups excluding tert-OH is 1. The van der Waals surface area contributed by atoms with Gasteiger partial charge in [0.25, 0.3) is 5.91 Å². The topological polar surface area (TPSA) is 394 Å². The lowest BCUT2D eigenvalue weighted by Crippen LogP contribution is -2.59. The van der Waals surface area contributed by atoms with Gasteiger partial charge in [0.05, 0.1) is 66.3 Å². The van der Waals surface area contributed by atoms with Crippen molar-refractivity contribution in [2.75, 3.05) is 132 Å². The van der Waals surface area contributed by atoms with E-state index in [-0.39, 0.29) is 68.4 Å². The summed E-state index contributed by atoms with van der Waals surface area (Å²) in [6, 6.07) is 31.5. The maximum atomic E-state index is 13.2. The van der Waals surface area contributed by atoms with Gasteiger partial charge in [-0.05, 0) is 185 Å². The molecule has 0 unspecified atom stereocenters. The van der Waals surface area contributed by atoms with Crippen LogP contribution < -0.4 is 31.3 Å². The number of nitrogens with one attached hydrogen (secondary N) is 5. The molecule has 5 aromatic carbocycles. The fourth-order valence-electron chi connectivity index (χ4n) is 16.0. The van der Waals surface area contributed by atoms with Gasteiger partial charge in [0.1, 0.15) is 39.9 Å². The number of methoxy groups -OCH3 is 1. The van der Waals surface area contributed by atoms with Crippen molar-refractivity contribution in [3.05, 3.63) is 149 Å². The number of sulfonamides is 4. The largest absolute Gasteiger partial charge is 0.497 e. The minimum absolute atomic E-state index is 0.00771. The van der Waals surface area contributed by atoms with Gasteiger partial charge >= 0.3 is 6.09 Å². The third-order valence-corrected chi connectivity index (χ3v) is 30.1. The molecule has 10 saturated heterocycles. The van der Waals surface area contributed by atoms with Crippen LogP contribution in [0.25, 0.3) is 0 Å². The van der Waals surface area contributed by atoms with Crippen molar-refractivity contribution >= 4 is 75.4 Å². The molecule has 6 N–H and O–H groups in total. The Kier molecular flexibility index (Phi) is 28.2. The van der Waals surface area contributed by atoms with Crippen molar-refractivity contribution in [3.8, 4) is 5.75 Å². The first-order valence-corrected chi connectivity index (χ1v) is 44.6. The first kappa shape index (κ1) is 88.2. The van der Waals surface area contributed by atoms with E-state index in [0.29, 0.717) is 157 Å². The SMILES string of the molecule is CC(=O)c1ccc(C(=O)N2CCOC23CCNCC3)cc1.CC(=O)c1ccc(S(=O)(=O)N2CC(=O)NC23CCNCC3)cc1.CC(=O)c1ccc(S(=O)(=O)N2CCOC23CCNCC3)cc1.CC(C)(C)OC(=O)N1CCC2(CC1)OCCN2S(=O)(=O)c1ccc(CO)cc1.COc1ccc(S(=O)(=O)N2CCOC23CCNCC3)cc1. The molecule has 0 radical (unpaired) electrons. The number of nitrogens with zero attached hydrogens (tertiary/aromatic N) is 6. The highest BCUT2D eigenvalue weighted by Gasteiger charge is 2.55. The Morgan fingerprint density at radius 3 is 1.12 bits per heavy atom. The zero-order valence-electron chi connectivity index (χ0n) is 66.2. The van der Waals surface area contributed by atoms with E-state index in [2.05, 4.69) is 26.6 Å². The Morgan fingerprint density at radius 2 is 0.748 bits per heavy atom. The van der Waals surface area contributed by atoms with Crippen LogP contribution in [0.5, 0.6) is 5.75 Å². The van der Waals surface area contributed by atoms with Crippen LogP contribution in [0.2, 0.25) is 0 Å². The Morgan fingerprint density at radius 1 is 0.426 bits per heavy atom. The number of hydrogen-bond acceptors (Lipinski definition) is 25. The van der Waals surface area contributed by atoms with Gasteiger partial charge in [-0.1, -0.05) is 48.5 Å². The van der Waals surface area contributed by atoms with Crippen LogP contribution in [0.4, 0.5) is 4.79 Å². The first-order valence-electron chi connectivity index (χ1n) is 38.9. The van der Waals surface area contributed by atoms with Crippen molar-refractivity contribution in [3.63, 3.8) is 0 Å². The van der Waals surface area contributed by atoms with E-state index in [0.717, 1.165) is 52.1 Å². The minimum atomic E-state index is -3.81. The molecule has 32 nitrogen and oxygen atoms in total. The minimum Gasteiger partial charge on any atom is -0.497 e. The molecule has 10 aliphatic heterocycles. The Bertz CT molecular complexity index is 4740. The van der Waals surface area contributed by atoms with Crippen molar-refractivity contribution in [1.82, 2.24) is 53.6 Å². The Labute approximate surface area is 673 Å². The molecule has 628 valence electrons. The third kappa shape index (κ3) is 19.7. The van der Waals surface area contributed by atoms with Crippen LogP contribution >= 0.6 is 0 Å². The molecule has 0 aliphatic carbocycles. The number of ketones is 3. The van der Waals surface area contributed by atoms with Gasteiger partial charge in [-0.25, -0.2) is 38.5 Å². The summed E-state index contributed by atoms with van der Waals surface area (Å²) < 4.78 is 144. The molecule has 10 aliphatic rings. The average Bonchev–Trinajstić information content (AvgIpc) is 1.67. The number of carbonyl (C=O) groups excluding carboxylic acids is 6. The summed E-state index contributed by atoms with van der Waals surface area (Å²) in [5.41, 5.74) is -1.35. The summed E-state index contributed by atoms with van der Waals surface area (Å²) >= 11 is 0. The number of hydrogen-bond donors (Lipinski definition) is 6. The van der Waals surface area contributed by atoms with Crippen LogP contribution in [0.3, 0.4) is 0 Å². The number of likely N-dealkylation sites (tertiary alicyclic amines) is 1. The second-order valence-electron chi connectivity index (χ2n) is 30.7. The van der Waals surface area contributed by atoms with E-state index in [1.807, 2.05) is 25.7 Å². The van der Waals surface area contributed by atoms with Crippen molar-refractivity contribution in [1.29, 1.82) is 0 Å². The predicted molar refractivity (Wildman–Crippen MR) is 422 cm³/mol. The molecule has 0 atom stereocenters. The monoisotopic (exact) mass is 1670 g/mol. The summed E-state index contributed by atoms with van der Waals surface area (Å²) in [6.07, 6.45) is 5.76. The second-order valence-corrected chi connectivity index (χ2v) is 38.1. The molecule has 5 aromatic rings. The quantitative estimate of drug-likeness (QED) is 0.0774. The standard InChI is InChI=1S/C19H28N2O6S.C16H20N2O3.C15H19N3O4S.C15H20N2O4S.C14H20N2O4S/c1-18(2,3)27-17(23)20-10-8-19(9-11-20)21(12-13-26-19)28(24,25)16-6-4-15(14-22)5-7-16;1-12(19)13-2-4-14(5-3-13)15(20)18-10-11-21-16(18)6-8-17-9-7-16;1-11(19)12-2-4-13(5-3-12)23(21,22)18-10-14(20)17-15(18)6-8-16-9-7-15;1-12(18)13-2-4-14(5-3-13)22(19,20)17-10-11-21-15(17)6-8-16-9-7-15;1-19-12-2-4-13(5-3-12)21(17,18)16-10-11-20-14(16)6-8-15-9-7-14/h4-7,22H,8-14H2,1-3H3;2-5,17H,6-11H2,1H3;2-5,16H,6-10H2,1H3,(H,17,20);2-5,16H,6-11H2,1H3;2-5,15H,6-11H2,1H3. The molecular formula is C79H107N11O21S4. The molecular weight excluding hydrogens is 1570 g/mol. The summed E-state index contributed by atoms with van der Waals surface area (Å²) in [5.74, 6) is 0.155. The van der Waals surface area contributed by atoms with Crippen molar-refractivity contribution in [2.45, 2.75) is 166 Å². The molecule has 0 saturated carbocycles. The van der Waals surface area contributed by atoms with Crippen molar-refractivity contribution in [2.24, 2.45) is 0 Å². The number of aliphatic hydroxyl groups is 1. The predicted octanol–water partition coefficient (Wildman–Crippen LogP) is 5.24. The fourth-order valence-corrected chi connectivity index (χ4v) is 22.9. The van der Waals surface area contributed by atoms with Gasteiger partial charge in [0, 0.05) is 113 Å². The van der Waals surface area contributed by atoms with E-state index in [1.54, 1.807) is 84.8 Å². The fraction of sp³-hybridized carbons (Fsp3) is 0.544. The van der Waals surface area contributed by atoms with Gasteiger partial charge in [0.2, 0.25) is 46.0 Å². The maximum Gasteiger partial charge on any atom is 0.410 e. The molecule has 10 fully saturated rings. The molecule has 10 heterocycles. The normalized spacial score (nSPS) is 21.4. The number of Topliss-reactive ketones (excluding diaryl/α,β-unsaturated/α-hetero) is 3. The van der Waals surface area contributed by atoms with Crippen LogP contribution in [0.15, 0.2) is 141 Å². The Hall–Kier alpha value is -7.60. The number of amides is 3. The molecule has 36 heteroatoms. The molecule has 115 heavy (non-hydrogen) atoms. The lowest BCUT2D eigenvalue weighted by molar-refractivity contribution is -0.119. The van der Waals surface area contributed by atoms with Crippen LogP contribution in [0, 0.1) is 0 Å². The van der Waals surface area contributed by atoms with Crippen LogP contribution in [0.1, 0.15) is 153 Å². The van der Waals surface area contributed by atoms with Gasteiger partial charge in [0.15, 0.2) is 17.3 Å². The number of ether oxygens (including phenoxy) is 6. The lowest BCUT2D eigenvalue weighted by Gasteiger charge is -2.42. The summed E-state index contributed by atoms with van der Waals surface area (Å²) in [6.45, 7) is 19.8. The smallest absolute Gasteiger partial charge is 0.410 e. The van der Waals surface area contributed by atoms with E-state index < -0.39 is 80.4 Å². The maximum absolute atomic E-state index is 13.2. The van der Waals surface area contributed by atoms with Crippen molar-refractivity contribution < 1.29 is 96.0 Å². The van der Waals surface area contributed by atoms with E-state index in [4.69, 9.17) is 33.5 Å². The molecule has 0 bridgehead atoms. The molecule has 0 aromatic heterocycles. The van der Waals surface area contributed by atoms with Crippen LogP contribution in [-0.2, 0) is 75.2 Å². The summed E-state index contributed by atoms with van der Waals surface area (Å²) in [7, 11) is -13.2. The number of piperidine rings is 5. The van der Waals surface area contributed by atoms with Crippen LogP contribution in [-0.4, -0.2) is 267 Å². The number of rotatable bonds is 14. The van der Waals surface area contributed by atoms with Gasteiger partial charge in [-0.3, -0.25) is 24.0 Å². The van der Waals surface area contributed by atoms with Gasteiger partial charge in [-0.2, -0.15) is 17.2 Å². The lowest BCUT2D eigenvalue weighted by atomic mass is 9.99. The zero-order chi connectivity index (χ0) is 82.8. The van der Waals surface area contributed by atoms with E-state index in [1.165, 1.54) is 86.5 Å². The Balaban J connectivity index is 0.000000142. The van der Waals surface area contributed by atoms with Gasteiger partial charge < -0.3 is 69.9 Å². The highest BCUT2D eigenvalue weighted by Crippen LogP contribution is 2.42.